The van der Waals surface area contributed by atoms with Crippen LogP contribution >= 0.6 is 0 Å². The fraction of sp³-hybridized carbons (Fsp3) is 1.00. The van der Waals surface area contributed by atoms with Crippen LogP contribution < -0.4 is 0 Å². The lowest BCUT2D eigenvalue weighted by Gasteiger charge is -2.50. The van der Waals surface area contributed by atoms with Crippen LogP contribution in [0.25, 0.3) is 0 Å². The second kappa shape index (κ2) is 4.50. The Morgan fingerprint density at radius 3 is 2.23 bits per heavy atom. The summed E-state index contributed by atoms with van der Waals surface area (Å²) in [5.74, 6) is -0.921. The zero-order chi connectivity index (χ0) is 19.1. The van der Waals surface area contributed by atoms with Crippen LogP contribution in [-0.4, -0.2) is 66.8 Å². The molecule has 0 aromatic carbocycles. The highest BCUT2D eigenvalue weighted by Crippen LogP contribution is 2.72. The topological polar surface area (TPSA) is 114 Å². The highest BCUT2D eigenvalue weighted by atomic mass is 16.6. The highest BCUT2D eigenvalue weighted by Gasteiger charge is 2.83. The van der Waals surface area contributed by atoms with Gasteiger partial charge < -0.3 is 30.3 Å². The van der Waals surface area contributed by atoms with E-state index < -0.39 is 45.8 Å². The molecular formula is C20H32O6. The molecule has 0 radical (unpaired) electrons. The third-order valence-corrected chi connectivity index (χ3v) is 9.44. The van der Waals surface area contributed by atoms with Crippen LogP contribution in [0.4, 0.5) is 0 Å². The van der Waals surface area contributed by atoms with Gasteiger partial charge in [-0.3, -0.25) is 0 Å². The largest absolute Gasteiger partial charge is 0.390 e. The number of epoxide rings is 1. The summed E-state index contributed by atoms with van der Waals surface area (Å²) in [6.07, 6.45) is -0.752. The van der Waals surface area contributed by atoms with Gasteiger partial charge >= 0.3 is 0 Å². The quantitative estimate of drug-likeness (QED) is 0.390. The summed E-state index contributed by atoms with van der Waals surface area (Å²) < 4.78 is 5.81. The summed E-state index contributed by atoms with van der Waals surface area (Å²) in [7, 11) is 0. The van der Waals surface area contributed by atoms with Crippen molar-refractivity contribution in [3.63, 3.8) is 0 Å². The average molecular weight is 368 g/mol. The van der Waals surface area contributed by atoms with E-state index >= 15 is 0 Å². The maximum atomic E-state index is 11.8. The van der Waals surface area contributed by atoms with E-state index in [0.717, 1.165) is 6.42 Å². The van der Waals surface area contributed by atoms with E-state index in [2.05, 4.69) is 0 Å². The van der Waals surface area contributed by atoms with Crippen molar-refractivity contribution in [3.05, 3.63) is 0 Å². The van der Waals surface area contributed by atoms with Crippen molar-refractivity contribution >= 4 is 0 Å². The molecule has 0 amide bonds. The molecule has 1 spiro atoms. The van der Waals surface area contributed by atoms with E-state index in [9.17, 15) is 25.5 Å². The van der Waals surface area contributed by atoms with Gasteiger partial charge in [-0.05, 0) is 51.4 Å². The number of hydrogen-bond acceptors (Lipinski definition) is 6. The number of aliphatic hydroxyl groups excluding tert-OH is 2. The van der Waals surface area contributed by atoms with Gasteiger partial charge in [0.25, 0.3) is 0 Å². The van der Waals surface area contributed by atoms with Crippen LogP contribution in [-0.2, 0) is 4.74 Å². The van der Waals surface area contributed by atoms with Crippen molar-refractivity contribution < 1.29 is 30.3 Å². The van der Waals surface area contributed by atoms with Crippen molar-refractivity contribution in [3.8, 4) is 0 Å². The van der Waals surface area contributed by atoms with Crippen LogP contribution in [0.1, 0.15) is 53.4 Å². The van der Waals surface area contributed by atoms with Crippen LogP contribution in [0.5, 0.6) is 0 Å². The Morgan fingerprint density at radius 2 is 1.58 bits per heavy atom. The summed E-state index contributed by atoms with van der Waals surface area (Å²) in [6.45, 7) is 7.24. The fourth-order valence-corrected chi connectivity index (χ4v) is 8.15. The second-order valence-electron chi connectivity index (χ2n) is 11.0. The average Bonchev–Trinajstić information content (AvgIpc) is 3.24. The monoisotopic (exact) mass is 368 g/mol. The molecule has 5 fully saturated rings. The zero-order valence-electron chi connectivity index (χ0n) is 16.0. The Bertz CT molecular complexity index is 659. The van der Waals surface area contributed by atoms with Crippen molar-refractivity contribution in [2.24, 2.45) is 28.6 Å². The van der Waals surface area contributed by atoms with Crippen LogP contribution in [0, 0.1) is 28.6 Å². The van der Waals surface area contributed by atoms with E-state index in [0.29, 0.717) is 19.3 Å². The van der Waals surface area contributed by atoms with Gasteiger partial charge in [0.05, 0.1) is 29.5 Å². The molecule has 3 unspecified atom stereocenters. The minimum atomic E-state index is -1.64. The van der Waals surface area contributed by atoms with Gasteiger partial charge in [0.1, 0.15) is 11.7 Å². The van der Waals surface area contributed by atoms with E-state index in [1.165, 1.54) is 0 Å². The van der Waals surface area contributed by atoms with E-state index in [1.807, 2.05) is 13.8 Å². The molecule has 2 bridgehead atoms. The van der Waals surface area contributed by atoms with Gasteiger partial charge in [-0.15, -0.1) is 0 Å². The van der Waals surface area contributed by atoms with Gasteiger partial charge in [-0.2, -0.15) is 0 Å². The molecule has 1 heterocycles. The number of aliphatic hydroxyl groups is 5. The first-order valence-electron chi connectivity index (χ1n) is 10.0. The lowest BCUT2D eigenvalue weighted by molar-refractivity contribution is -0.232. The number of ether oxygens (including phenoxy) is 1. The lowest BCUT2D eigenvalue weighted by atomic mass is 9.58. The Hall–Kier alpha value is -0.240. The first-order chi connectivity index (χ1) is 11.8. The molecule has 11 atom stereocenters. The van der Waals surface area contributed by atoms with Crippen molar-refractivity contribution in [1.29, 1.82) is 0 Å². The van der Waals surface area contributed by atoms with Gasteiger partial charge in [-0.1, -0.05) is 13.8 Å². The summed E-state index contributed by atoms with van der Waals surface area (Å²) in [4.78, 5) is 0. The minimum absolute atomic E-state index is 0.0434. The summed E-state index contributed by atoms with van der Waals surface area (Å²) >= 11 is 0. The number of rotatable bonds is 0. The van der Waals surface area contributed by atoms with Crippen LogP contribution in [0.3, 0.4) is 0 Å². The van der Waals surface area contributed by atoms with E-state index in [1.54, 1.807) is 13.8 Å². The maximum absolute atomic E-state index is 11.8. The molecular weight excluding hydrogens is 336 g/mol. The number of hydrogen-bond donors (Lipinski definition) is 5. The van der Waals surface area contributed by atoms with Crippen molar-refractivity contribution in [2.45, 2.75) is 94.6 Å². The molecule has 5 N–H and O–H groups in total. The van der Waals surface area contributed by atoms with Gasteiger partial charge in [-0.25, -0.2) is 0 Å². The Morgan fingerprint density at radius 1 is 0.923 bits per heavy atom. The van der Waals surface area contributed by atoms with Crippen LogP contribution in [0.15, 0.2) is 0 Å². The Labute approximate surface area is 154 Å². The predicted octanol–water partition coefficient (Wildman–Crippen LogP) is 0.185. The van der Waals surface area contributed by atoms with Gasteiger partial charge in [0, 0.05) is 16.7 Å². The minimum Gasteiger partial charge on any atom is -0.390 e. The molecule has 5 aliphatic rings. The lowest BCUT2D eigenvalue weighted by Crippen LogP contribution is -2.64. The smallest absolute Gasteiger partial charge is 0.110 e. The first kappa shape index (κ1) is 17.8. The normalized spacial score (nSPS) is 68.0. The summed E-state index contributed by atoms with van der Waals surface area (Å²) in [6, 6.07) is 0. The fourth-order valence-electron chi connectivity index (χ4n) is 8.15. The molecule has 0 aromatic heterocycles. The van der Waals surface area contributed by atoms with Gasteiger partial charge in [0.2, 0.25) is 0 Å². The molecule has 0 aromatic rings. The van der Waals surface area contributed by atoms with Crippen molar-refractivity contribution in [2.75, 3.05) is 0 Å². The standard InChI is InChI=1S/C20H32O6/c1-16(2)15-11(26-15)12-18(4,24)10-6-5-9-7-19(10,8-17(9,3)23)13(21)14(22)20(12,16)25/h9-15,21-25H,5-8H2,1-4H3/t9?,10-,11-,12+,13?,14+,15-,17+,18+,19?,20-/m0/s1. The van der Waals surface area contributed by atoms with Gasteiger partial charge in [0.15, 0.2) is 0 Å². The van der Waals surface area contributed by atoms with E-state index in [4.69, 9.17) is 4.74 Å². The molecule has 26 heavy (non-hydrogen) atoms. The summed E-state index contributed by atoms with van der Waals surface area (Å²) in [5, 5.41) is 57.1. The molecule has 1 saturated heterocycles. The SMILES string of the molecule is CC1(C)[C@H]2O[C@H]2[C@@H]2[C@](C)(O)[C@@H]3CCC4CC3(C[C@@]4(C)O)C(O)[C@@H](O)[C@@]21O. The van der Waals surface area contributed by atoms with Crippen molar-refractivity contribution in [1.82, 2.24) is 0 Å². The second-order valence-corrected chi connectivity index (χ2v) is 11.0. The molecule has 4 saturated carbocycles. The van der Waals surface area contributed by atoms with Crippen LogP contribution in [0.2, 0.25) is 0 Å². The highest BCUT2D eigenvalue weighted by molar-refractivity contribution is 5.32. The predicted molar refractivity (Wildman–Crippen MR) is 92.0 cm³/mol. The molecule has 1 aliphatic heterocycles. The zero-order valence-corrected chi connectivity index (χ0v) is 16.0. The molecule has 148 valence electrons. The molecule has 6 heteroatoms. The Kier molecular flexibility index (Phi) is 3.08. The maximum Gasteiger partial charge on any atom is 0.110 e. The Balaban J connectivity index is 1.71. The molecule has 5 rings (SSSR count). The first-order valence-corrected chi connectivity index (χ1v) is 10.0. The number of fused-ring (bicyclic) bond motifs is 4. The third kappa shape index (κ3) is 1.64. The molecule has 4 aliphatic carbocycles. The third-order valence-electron chi connectivity index (χ3n) is 9.44. The molecule has 6 nitrogen and oxygen atoms in total. The summed E-state index contributed by atoms with van der Waals surface area (Å²) in [5.41, 5.74) is -5.44. The van der Waals surface area contributed by atoms with E-state index in [-0.39, 0.29) is 24.0 Å².